The summed E-state index contributed by atoms with van der Waals surface area (Å²) in [4.78, 5) is 4.56. The van der Waals surface area contributed by atoms with Crippen molar-refractivity contribution in [2.45, 2.75) is 30.8 Å². The minimum atomic E-state index is -3.77. The number of sulfonamides is 1. The summed E-state index contributed by atoms with van der Waals surface area (Å²) in [6, 6.07) is 23.5. The number of nitrogens with zero attached hydrogens (tertiary/aromatic N) is 2. The van der Waals surface area contributed by atoms with Gasteiger partial charge in [-0.3, -0.25) is 0 Å². The fourth-order valence-corrected chi connectivity index (χ4v) is 5.63. The predicted octanol–water partition coefficient (Wildman–Crippen LogP) is 5.46. The van der Waals surface area contributed by atoms with E-state index in [1.807, 2.05) is 61.5 Å². The fraction of sp³-hybridized carbons (Fsp3) is 0.240. The van der Waals surface area contributed by atoms with Gasteiger partial charge in [-0.1, -0.05) is 61.0 Å². The topological polar surface area (TPSA) is 59.0 Å². The summed E-state index contributed by atoms with van der Waals surface area (Å²) >= 11 is 6.00. The Balaban J connectivity index is 1.70. The van der Waals surface area contributed by atoms with Crippen LogP contribution in [0.3, 0.4) is 0 Å². The van der Waals surface area contributed by atoms with Crippen LogP contribution in [-0.4, -0.2) is 31.8 Å². The van der Waals surface area contributed by atoms with Crippen molar-refractivity contribution in [3.05, 3.63) is 101 Å². The third-order valence-electron chi connectivity index (χ3n) is 5.46. The number of aliphatic imine (C=N–C) groups is 1. The van der Waals surface area contributed by atoms with Crippen LogP contribution in [0.25, 0.3) is 0 Å². The molecule has 0 aliphatic carbocycles. The van der Waals surface area contributed by atoms with E-state index in [0.29, 0.717) is 30.5 Å². The molecule has 0 amide bonds. The molecule has 0 fully saturated rings. The summed E-state index contributed by atoms with van der Waals surface area (Å²) in [5.41, 5.74) is 2.74. The molecule has 4 rings (SSSR count). The predicted molar refractivity (Wildman–Crippen MR) is 127 cm³/mol. The second-order valence-electron chi connectivity index (χ2n) is 7.57. The Kier molecular flexibility index (Phi) is 6.94. The Morgan fingerprint density at radius 2 is 1.69 bits per heavy atom. The second kappa shape index (κ2) is 9.86. The Morgan fingerprint density at radius 3 is 2.28 bits per heavy atom. The van der Waals surface area contributed by atoms with Gasteiger partial charge in [0.15, 0.2) is 0 Å². The lowest BCUT2D eigenvalue weighted by atomic mass is 10.0. The van der Waals surface area contributed by atoms with Gasteiger partial charge in [0.05, 0.1) is 17.5 Å². The Bertz CT molecular complexity index is 1180. The molecule has 3 aromatic rings. The van der Waals surface area contributed by atoms with Crippen molar-refractivity contribution in [1.29, 1.82) is 0 Å². The summed E-state index contributed by atoms with van der Waals surface area (Å²) in [5.74, 6) is 0.637. The Labute approximate surface area is 194 Å². The van der Waals surface area contributed by atoms with Crippen LogP contribution in [-0.2, 0) is 21.3 Å². The fourth-order valence-electron chi connectivity index (χ4n) is 3.83. The highest BCUT2D eigenvalue weighted by Crippen LogP contribution is 2.32. The minimum Gasteiger partial charge on any atom is -0.476 e. The smallest absolute Gasteiger partial charge is 0.243 e. The zero-order valence-corrected chi connectivity index (χ0v) is 19.4. The molecule has 1 heterocycles. The largest absolute Gasteiger partial charge is 0.476 e. The van der Waals surface area contributed by atoms with Crippen LogP contribution >= 0.6 is 11.6 Å². The summed E-state index contributed by atoms with van der Waals surface area (Å²) in [6.07, 6.45) is 0.638. The number of halogens is 1. The first-order valence-electron chi connectivity index (χ1n) is 10.6. The van der Waals surface area contributed by atoms with Crippen molar-refractivity contribution in [2.75, 3.05) is 13.2 Å². The molecule has 0 saturated heterocycles. The van der Waals surface area contributed by atoms with E-state index in [4.69, 9.17) is 16.3 Å². The molecule has 0 unspecified atom stereocenters. The summed E-state index contributed by atoms with van der Waals surface area (Å²) in [6.45, 7) is 3.51. The molecule has 0 saturated carbocycles. The van der Waals surface area contributed by atoms with Crippen LogP contribution in [0, 0.1) is 0 Å². The first-order valence-corrected chi connectivity index (χ1v) is 12.4. The van der Waals surface area contributed by atoms with Gasteiger partial charge in [-0.2, -0.15) is 4.31 Å². The molecule has 1 aliphatic heterocycles. The highest BCUT2D eigenvalue weighted by Gasteiger charge is 2.31. The summed E-state index contributed by atoms with van der Waals surface area (Å²) in [7, 11) is -3.77. The zero-order valence-electron chi connectivity index (χ0n) is 17.8. The maximum Gasteiger partial charge on any atom is 0.243 e. The molecule has 0 N–H and O–H groups in total. The number of rotatable bonds is 8. The van der Waals surface area contributed by atoms with Crippen molar-refractivity contribution < 1.29 is 13.2 Å². The number of benzene rings is 3. The molecular weight excluding hydrogens is 444 g/mol. The third kappa shape index (κ3) is 4.88. The number of hydrogen-bond acceptors (Lipinski definition) is 4. The van der Waals surface area contributed by atoms with Crippen LogP contribution in [0.5, 0.6) is 0 Å². The van der Waals surface area contributed by atoms with E-state index in [1.165, 1.54) is 0 Å². The van der Waals surface area contributed by atoms with Crippen molar-refractivity contribution in [1.82, 2.24) is 4.31 Å². The molecule has 5 nitrogen and oxygen atoms in total. The first kappa shape index (κ1) is 22.5. The molecule has 166 valence electrons. The zero-order chi connectivity index (χ0) is 22.6. The molecule has 1 atom stereocenters. The van der Waals surface area contributed by atoms with E-state index in [1.54, 1.807) is 28.6 Å². The molecular formula is C25H25ClN2O3S. The lowest BCUT2D eigenvalue weighted by Gasteiger charge is -2.31. The average Bonchev–Trinajstić information content (AvgIpc) is 3.35. The SMILES string of the molecule is CC[C@@H](c1ccccc1)N(Cc1ccc(C2=NCCO2)cc1)S(=O)(=O)c1ccc(Cl)cc1. The number of hydrogen-bond donors (Lipinski definition) is 0. The van der Waals surface area contributed by atoms with Gasteiger partial charge in [0.2, 0.25) is 15.9 Å². The molecule has 1 aliphatic rings. The van der Waals surface area contributed by atoms with Gasteiger partial charge in [-0.05, 0) is 53.9 Å². The molecule has 0 aromatic heterocycles. The van der Waals surface area contributed by atoms with Gasteiger partial charge in [0.25, 0.3) is 0 Å². The molecule has 0 radical (unpaired) electrons. The van der Waals surface area contributed by atoms with Crippen molar-refractivity contribution in [3.63, 3.8) is 0 Å². The van der Waals surface area contributed by atoms with Gasteiger partial charge < -0.3 is 4.74 Å². The van der Waals surface area contributed by atoms with E-state index in [9.17, 15) is 8.42 Å². The maximum atomic E-state index is 13.7. The van der Waals surface area contributed by atoms with Crippen LogP contribution in [0.15, 0.2) is 88.8 Å². The van der Waals surface area contributed by atoms with Gasteiger partial charge in [-0.25, -0.2) is 13.4 Å². The number of ether oxygens (including phenoxy) is 1. The highest BCUT2D eigenvalue weighted by molar-refractivity contribution is 7.89. The normalized spacial score (nSPS) is 14.8. The third-order valence-corrected chi connectivity index (χ3v) is 7.58. The van der Waals surface area contributed by atoms with E-state index < -0.39 is 10.0 Å². The second-order valence-corrected chi connectivity index (χ2v) is 9.90. The first-order chi connectivity index (χ1) is 15.5. The Hall–Kier alpha value is -2.67. The van der Waals surface area contributed by atoms with Gasteiger partial charge in [0, 0.05) is 17.1 Å². The minimum absolute atomic E-state index is 0.224. The lowest BCUT2D eigenvalue weighted by molar-refractivity contribution is 0.310. The maximum absolute atomic E-state index is 13.7. The van der Waals surface area contributed by atoms with E-state index in [2.05, 4.69) is 4.99 Å². The van der Waals surface area contributed by atoms with Crippen molar-refractivity contribution in [2.24, 2.45) is 4.99 Å². The quantitative estimate of drug-likeness (QED) is 0.441. The highest BCUT2D eigenvalue weighted by atomic mass is 35.5. The molecule has 7 heteroatoms. The summed E-state index contributed by atoms with van der Waals surface area (Å²) < 4.78 is 34.6. The molecule has 32 heavy (non-hydrogen) atoms. The van der Waals surface area contributed by atoms with E-state index in [-0.39, 0.29) is 17.5 Å². The average molecular weight is 469 g/mol. The molecule has 3 aromatic carbocycles. The standard InChI is InChI=1S/C25H25ClN2O3S/c1-2-24(20-6-4-3-5-7-20)28(32(29,30)23-14-12-22(26)13-15-23)18-19-8-10-21(11-9-19)25-27-16-17-31-25/h3-15,24H,2,16-18H2,1H3/t24-/m0/s1. The lowest BCUT2D eigenvalue weighted by Crippen LogP contribution is -2.34. The van der Waals surface area contributed by atoms with Gasteiger partial charge in [0.1, 0.15) is 6.61 Å². The Morgan fingerprint density at radius 1 is 1.00 bits per heavy atom. The van der Waals surface area contributed by atoms with Gasteiger partial charge in [-0.15, -0.1) is 0 Å². The van der Waals surface area contributed by atoms with Crippen LogP contribution in [0.1, 0.15) is 36.1 Å². The molecule has 0 spiro atoms. The summed E-state index contributed by atoms with van der Waals surface area (Å²) in [5, 5.41) is 0.498. The van der Waals surface area contributed by atoms with E-state index in [0.717, 1.165) is 16.7 Å². The van der Waals surface area contributed by atoms with Crippen LogP contribution in [0.4, 0.5) is 0 Å². The monoisotopic (exact) mass is 468 g/mol. The van der Waals surface area contributed by atoms with Crippen molar-refractivity contribution >= 4 is 27.5 Å². The van der Waals surface area contributed by atoms with Crippen molar-refractivity contribution in [3.8, 4) is 0 Å². The molecule has 0 bridgehead atoms. The van der Waals surface area contributed by atoms with E-state index >= 15 is 0 Å². The van der Waals surface area contributed by atoms with Gasteiger partial charge >= 0.3 is 0 Å². The van der Waals surface area contributed by atoms with Crippen LogP contribution < -0.4 is 0 Å². The van der Waals surface area contributed by atoms with Crippen LogP contribution in [0.2, 0.25) is 5.02 Å².